The molecule has 7 nitrogen and oxygen atoms in total. The van der Waals surface area contributed by atoms with Crippen molar-refractivity contribution in [3.63, 3.8) is 0 Å². The summed E-state index contributed by atoms with van der Waals surface area (Å²) in [6.45, 7) is 4.09. The Bertz CT molecular complexity index is 1410. The molecule has 1 N–H and O–H groups in total. The predicted octanol–water partition coefficient (Wildman–Crippen LogP) is 4.67. The van der Waals surface area contributed by atoms with Crippen molar-refractivity contribution in [1.29, 1.82) is 0 Å². The number of benzene rings is 2. The van der Waals surface area contributed by atoms with Crippen LogP contribution in [0, 0.1) is 5.92 Å². The Morgan fingerprint density at radius 2 is 1.97 bits per heavy atom. The molecule has 1 saturated heterocycles. The van der Waals surface area contributed by atoms with Crippen LogP contribution in [0.3, 0.4) is 0 Å². The quantitative estimate of drug-likeness (QED) is 0.510. The number of alkyl halides is 3. The highest BCUT2D eigenvalue weighted by Gasteiger charge is 2.50. The van der Waals surface area contributed by atoms with Crippen molar-refractivity contribution in [2.24, 2.45) is 13.0 Å². The Morgan fingerprint density at radius 3 is 2.64 bits per heavy atom. The predicted molar refractivity (Wildman–Crippen MR) is 139 cm³/mol. The third-order valence-electron chi connectivity index (χ3n) is 8.57. The van der Waals surface area contributed by atoms with Gasteiger partial charge >= 0.3 is 6.18 Å². The number of aryl methyl sites for hydroxylation is 1. The summed E-state index contributed by atoms with van der Waals surface area (Å²) < 4.78 is 44.5. The number of aromatic nitrogens is 3. The van der Waals surface area contributed by atoms with Crippen molar-refractivity contribution in [3.8, 4) is 0 Å². The molecule has 1 aliphatic carbocycles. The van der Waals surface area contributed by atoms with Crippen LogP contribution in [-0.2, 0) is 31.7 Å². The Hall–Kier alpha value is -3.24. The topological polar surface area (TPSA) is 74.5 Å². The average molecular weight is 540 g/mol. The van der Waals surface area contributed by atoms with Crippen LogP contribution in [0.1, 0.15) is 71.0 Å². The number of carbonyl (C=O) groups excluding carboxylic acids is 1. The number of anilines is 1. The smallest absolute Gasteiger partial charge is 0.393 e. The number of carbonyl (C=O) groups is 1. The monoisotopic (exact) mass is 539 g/mol. The fourth-order valence-corrected chi connectivity index (χ4v) is 6.69. The maximum Gasteiger partial charge on any atom is 0.416 e. The number of amides is 1. The summed E-state index contributed by atoms with van der Waals surface area (Å²) >= 11 is 0. The van der Waals surface area contributed by atoms with Gasteiger partial charge < -0.3 is 14.6 Å². The molecule has 1 atom stereocenters. The molecule has 2 fully saturated rings. The minimum atomic E-state index is -4.56. The molecule has 1 saturated carbocycles. The summed E-state index contributed by atoms with van der Waals surface area (Å²) in [5, 5.41) is 18.5. The number of likely N-dealkylation sites (tertiary alicyclic amines) is 1. The van der Waals surface area contributed by atoms with E-state index >= 15 is 0 Å². The zero-order chi connectivity index (χ0) is 27.5. The largest absolute Gasteiger partial charge is 0.416 e. The van der Waals surface area contributed by atoms with E-state index in [9.17, 15) is 23.1 Å². The first-order valence-electron chi connectivity index (χ1n) is 13.5. The second kappa shape index (κ2) is 9.45. The van der Waals surface area contributed by atoms with Gasteiger partial charge in [-0.05, 0) is 79.1 Å². The minimum Gasteiger partial charge on any atom is -0.393 e. The second-order valence-corrected chi connectivity index (χ2v) is 11.5. The Balaban J connectivity index is 1.34. The summed E-state index contributed by atoms with van der Waals surface area (Å²) in [5.41, 5.74) is 0.727. The number of aliphatic hydroxyl groups excluding tert-OH is 1. The molecule has 1 aromatic heterocycles. The van der Waals surface area contributed by atoms with Crippen molar-refractivity contribution in [2.75, 3.05) is 18.0 Å². The zero-order valence-corrected chi connectivity index (χ0v) is 22.1. The number of hydrogen-bond donors (Lipinski definition) is 1. The fourth-order valence-electron chi connectivity index (χ4n) is 6.69. The molecule has 0 radical (unpaired) electrons. The first-order chi connectivity index (χ1) is 18.5. The molecular formula is C29H32F3N5O2. The van der Waals surface area contributed by atoms with Crippen LogP contribution in [0.25, 0.3) is 0 Å². The van der Waals surface area contributed by atoms with E-state index in [-0.39, 0.29) is 17.7 Å². The number of piperidine rings is 1. The SMILES string of the molecule is CC1CCCN(Cc2cc3c(c(C(F)(F)F)c2)CN(c2cccc(C4(c5nncn5C)CC(O)C4)c2)C3=O)C1. The molecule has 2 aromatic carbocycles. The summed E-state index contributed by atoms with van der Waals surface area (Å²) in [5.74, 6) is 0.779. The maximum absolute atomic E-state index is 14.2. The second-order valence-electron chi connectivity index (χ2n) is 11.5. The normalized spacial score (nSPS) is 25.6. The van der Waals surface area contributed by atoms with E-state index in [0.29, 0.717) is 42.4 Å². The van der Waals surface area contributed by atoms with Gasteiger partial charge in [-0.1, -0.05) is 19.1 Å². The van der Waals surface area contributed by atoms with Crippen molar-refractivity contribution in [3.05, 3.63) is 76.4 Å². The van der Waals surface area contributed by atoms with E-state index in [0.717, 1.165) is 31.5 Å². The molecule has 0 bridgehead atoms. The van der Waals surface area contributed by atoms with Gasteiger partial charge in [0.1, 0.15) is 12.2 Å². The molecular weight excluding hydrogens is 507 g/mol. The van der Waals surface area contributed by atoms with Gasteiger partial charge in [0.25, 0.3) is 5.91 Å². The van der Waals surface area contributed by atoms with E-state index in [2.05, 4.69) is 22.0 Å². The summed E-state index contributed by atoms with van der Waals surface area (Å²) in [6, 6.07) is 10.2. The van der Waals surface area contributed by atoms with E-state index < -0.39 is 29.2 Å². The van der Waals surface area contributed by atoms with E-state index in [1.54, 1.807) is 24.5 Å². The lowest BCUT2D eigenvalue weighted by Gasteiger charge is -2.45. The summed E-state index contributed by atoms with van der Waals surface area (Å²) in [6.07, 6.45) is -0.398. The number of hydrogen-bond acceptors (Lipinski definition) is 5. The molecule has 6 rings (SSSR count). The van der Waals surface area contributed by atoms with Crippen LogP contribution >= 0.6 is 0 Å². The van der Waals surface area contributed by atoms with Gasteiger partial charge in [0.2, 0.25) is 0 Å². The number of aliphatic hydroxyl groups is 1. The Kier molecular flexibility index (Phi) is 6.30. The van der Waals surface area contributed by atoms with Gasteiger partial charge in [0, 0.05) is 31.4 Å². The van der Waals surface area contributed by atoms with Crippen molar-refractivity contribution in [1.82, 2.24) is 19.7 Å². The molecule has 1 amide bonds. The van der Waals surface area contributed by atoms with Crippen LogP contribution in [-0.4, -0.2) is 49.9 Å². The highest BCUT2D eigenvalue weighted by molar-refractivity contribution is 6.10. The van der Waals surface area contributed by atoms with Gasteiger partial charge in [-0.25, -0.2) is 0 Å². The average Bonchev–Trinajstić information content (AvgIpc) is 3.44. The van der Waals surface area contributed by atoms with Gasteiger partial charge in [-0.15, -0.1) is 10.2 Å². The lowest BCUT2D eigenvalue weighted by molar-refractivity contribution is -0.138. The van der Waals surface area contributed by atoms with E-state index in [4.69, 9.17) is 0 Å². The molecule has 3 aliphatic rings. The van der Waals surface area contributed by atoms with Crippen LogP contribution in [0.5, 0.6) is 0 Å². The third kappa shape index (κ3) is 4.53. The fraction of sp³-hybridized carbons (Fsp3) is 0.483. The lowest BCUT2D eigenvalue weighted by atomic mass is 9.62. The lowest BCUT2D eigenvalue weighted by Crippen LogP contribution is -2.47. The molecule has 3 aromatic rings. The Morgan fingerprint density at radius 1 is 1.18 bits per heavy atom. The summed E-state index contributed by atoms with van der Waals surface area (Å²) in [7, 11) is 1.84. The van der Waals surface area contributed by atoms with Crippen LogP contribution in [0.2, 0.25) is 0 Å². The zero-order valence-electron chi connectivity index (χ0n) is 22.1. The number of rotatable bonds is 5. The molecule has 10 heteroatoms. The number of fused-ring (bicyclic) bond motifs is 1. The maximum atomic E-state index is 14.2. The van der Waals surface area contributed by atoms with Crippen LogP contribution in [0.4, 0.5) is 18.9 Å². The van der Waals surface area contributed by atoms with Gasteiger partial charge in [-0.3, -0.25) is 9.69 Å². The van der Waals surface area contributed by atoms with Crippen LogP contribution < -0.4 is 4.90 Å². The van der Waals surface area contributed by atoms with Crippen molar-refractivity contribution >= 4 is 11.6 Å². The van der Waals surface area contributed by atoms with Gasteiger partial charge in [0.05, 0.1) is 23.6 Å². The highest BCUT2D eigenvalue weighted by Crippen LogP contribution is 2.49. The molecule has 0 spiro atoms. The standard InChI is InChI=1S/C29H32F3N5O2/c1-18-5-4-8-36(14-18)15-19-9-23-24(25(10-19)29(30,31)32)16-37(26(23)39)21-7-3-6-20(11-21)28(12-22(38)13-28)27-34-33-17-35(27)2/h3,6-7,9-11,17-18,22,38H,4-5,8,12-16H2,1-2H3. The number of halogens is 3. The molecule has 206 valence electrons. The molecule has 1 unspecified atom stereocenters. The van der Waals surface area contributed by atoms with Gasteiger partial charge in [0.15, 0.2) is 0 Å². The van der Waals surface area contributed by atoms with Crippen molar-refractivity contribution in [2.45, 2.75) is 63.4 Å². The minimum absolute atomic E-state index is 0.0238. The first kappa shape index (κ1) is 26.0. The molecule has 39 heavy (non-hydrogen) atoms. The first-order valence-corrected chi connectivity index (χ1v) is 13.5. The van der Waals surface area contributed by atoms with Crippen LogP contribution in [0.15, 0.2) is 42.7 Å². The third-order valence-corrected chi connectivity index (χ3v) is 8.57. The Labute approximate surface area is 225 Å². The highest BCUT2D eigenvalue weighted by atomic mass is 19.4. The van der Waals surface area contributed by atoms with Gasteiger partial charge in [-0.2, -0.15) is 13.2 Å². The van der Waals surface area contributed by atoms with E-state index in [1.807, 2.05) is 23.7 Å². The molecule has 3 heterocycles. The molecule has 2 aliphatic heterocycles. The summed E-state index contributed by atoms with van der Waals surface area (Å²) in [4.78, 5) is 17.2. The van der Waals surface area contributed by atoms with Crippen molar-refractivity contribution < 1.29 is 23.1 Å². The van der Waals surface area contributed by atoms with E-state index in [1.165, 1.54) is 11.0 Å². The number of nitrogens with zero attached hydrogens (tertiary/aromatic N) is 5.